The van der Waals surface area contributed by atoms with E-state index < -0.39 is 10.2 Å². The molecule has 142 valence electrons. The second-order valence-electron chi connectivity index (χ2n) is 6.50. The van der Waals surface area contributed by atoms with E-state index in [1.807, 2.05) is 18.2 Å². The monoisotopic (exact) mass is 371 g/mol. The molecule has 0 saturated carbocycles. The van der Waals surface area contributed by atoms with Gasteiger partial charge in [0.05, 0.1) is 14.2 Å². The molecule has 1 aromatic carbocycles. The Hall–Kier alpha value is -1.35. The first-order valence-corrected chi connectivity index (χ1v) is 10.1. The van der Waals surface area contributed by atoms with Gasteiger partial charge in [-0.2, -0.15) is 13.1 Å². The summed E-state index contributed by atoms with van der Waals surface area (Å²) in [5.41, 5.74) is 1.01. The minimum Gasteiger partial charge on any atom is -0.493 e. The van der Waals surface area contributed by atoms with E-state index in [1.54, 1.807) is 28.1 Å². The third-order valence-corrected chi connectivity index (χ3v) is 5.56. The zero-order valence-electron chi connectivity index (χ0n) is 15.4. The molecule has 1 unspecified atom stereocenters. The molecule has 0 aromatic heterocycles. The second-order valence-corrected chi connectivity index (χ2v) is 8.03. The Morgan fingerprint density at radius 3 is 2.32 bits per heavy atom. The first-order valence-electron chi connectivity index (χ1n) is 8.59. The summed E-state index contributed by atoms with van der Waals surface area (Å²) >= 11 is 0. The van der Waals surface area contributed by atoms with Crippen LogP contribution >= 0.6 is 0 Å². The van der Waals surface area contributed by atoms with E-state index in [0.29, 0.717) is 18.0 Å². The highest BCUT2D eigenvalue weighted by Crippen LogP contribution is 2.33. The lowest BCUT2D eigenvalue weighted by molar-refractivity contribution is 0.245. The van der Waals surface area contributed by atoms with Gasteiger partial charge in [-0.3, -0.25) is 4.90 Å². The van der Waals surface area contributed by atoms with Crippen molar-refractivity contribution in [1.29, 1.82) is 0 Å². The lowest BCUT2D eigenvalue weighted by atomic mass is 10.0. The third-order valence-electron chi connectivity index (χ3n) is 4.23. The fourth-order valence-corrected chi connectivity index (χ4v) is 4.19. The Labute approximate surface area is 150 Å². The number of methoxy groups -OCH3 is 2. The van der Waals surface area contributed by atoms with Gasteiger partial charge >= 0.3 is 0 Å². The minimum atomic E-state index is -3.52. The van der Waals surface area contributed by atoms with Crippen molar-refractivity contribution in [3.05, 3.63) is 23.8 Å². The molecule has 1 aromatic rings. The van der Waals surface area contributed by atoms with E-state index in [4.69, 9.17) is 9.47 Å². The Balaban J connectivity index is 2.21. The van der Waals surface area contributed by atoms with Gasteiger partial charge in [0.1, 0.15) is 0 Å². The number of nitrogens with one attached hydrogen (secondary N) is 2. The van der Waals surface area contributed by atoms with Gasteiger partial charge in [0, 0.05) is 18.6 Å². The van der Waals surface area contributed by atoms with E-state index in [0.717, 1.165) is 31.5 Å². The summed E-state index contributed by atoms with van der Waals surface area (Å²) in [7, 11) is -0.327. The van der Waals surface area contributed by atoms with Crippen LogP contribution in [0.5, 0.6) is 11.5 Å². The topological polar surface area (TPSA) is 79.9 Å². The van der Waals surface area contributed by atoms with Crippen molar-refractivity contribution >= 4 is 10.2 Å². The van der Waals surface area contributed by atoms with E-state index in [2.05, 4.69) is 14.3 Å². The summed E-state index contributed by atoms with van der Waals surface area (Å²) in [4.78, 5) is 2.30. The number of hydrogen-bond acceptors (Lipinski definition) is 5. The lowest BCUT2D eigenvalue weighted by Crippen LogP contribution is -2.44. The summed E-state index contributed by atoms with van der Waals surface area (Å²) in [5.74, 6) is 1.31. The Kier molecular flexibility index (Phi) is 7.06. The molecule has 25 heavy (non-hydrogen) atoms. The largest absolute Gasteiger partial charge is 0.493 e. The molecule has 2 N–H and O–H groups in total. The quantitative estimate of drug-likeness (QED) is 0.690. The van der Waals surface area contributed by atoms with Crippen molar-refractivity contribution in [3.8, 4) is 11.5 Å². The van der Waals surface area contributed by atoms with Gasteiger partial charge in [-0.25, -0.2) is 4.72 Å². The van der Waals surface area contributed by atoms with Gasteiger partial charge in [0.2, 0.25) is 0 Å². The predicted octanol–water partition coefficient (Wildman–Crippen LogP) is 1.67. The number of likely N-dealkylation sites (tertiary alicyclic amines) is 1. The average Bonchev–Trinajstić information content (AvgIpc) is 3.07. The molecular formula is C17H29N3O4S. The molecule has 1 heterocycles. The van der Waals surface area contributed by atoms with Crippen molar-refractivity contribution in [2.75, 3.05) is 33.9 Å². The molecule has 0 radical (unpaired) electrons. The lowest BCUT2D eigenvalue weighted by Gasteiger charge is -2.29. The number of nitrogens with zero attached hydrogens (tertiary/aromatic N) is 1. The highest BCUT2D eigenvalue weighted by atomic mass is 32.2. The summed E-state index contributed by atoms with van der Waals surface area (Å²) in [5, 5.41) is 0. The molecule has 7 nitrogen and oxygen atoms in total. The van der Waals surface area contributed by atoms with Gasteiger partial charge in [0.15, 0.2) is 11.5 Å². The number of hydrogen-bond donors (Lipinski definition) is 2. The van der Waals surface area contributed by atoms with Crippen molar-refractivity contribution in [2.24, 2.45) is 0 Å². The molecule has 0 aliphatic carbocycles. The highest BCUT2D eigenvalue weighted by molar-refractivity contribution is 7.87. The summed E-state index contributed by atoms with van der Waals surface area (Å²) in [6.07, 6.45) is 2.25. The molecule has 1 aliphatic rings. The zero-order chi connectivity index (χ0) is 18.4. The first-order chi connectivity index (χ1) is 11.9. The summed E-state index contributed by atoms with van der Waals surface area (Å²) < 4.78 is 40.2. The Bertz CT molecular complexity index is 658. The Morgan fingerprint density at radius 2 is 1.76 bits per heavy atom. The van der Waals surface area contributed by atoms with Gasteiger partial charge in [0.25, 0.3) is 10.2 Å². The fraction of sp³-hybridized carbons (Fsp3) is 0.647. The van der Waals surface area contributed by atoms with Crippen LogP contribution < -0.4 is 18.9 Å². The first kappa shape index (κ1) is 20.0. The van der Waals surface area contributed by atoms with Crippen LogP contribution in [0.2, 0.25) is 0 Å². The van der Waals surface area contributed by atoms with Crippen LogP contribution in [0, 0.1) is 0 Å². The number of ether oxygens (including phenoxy) is 2. The highest BCUT2D eigenvalue weighted by Gasteiger charge is 2.26. The van der Waals surface area contributed by atoms with Crippen LogP contribution in [0.4, 0.5) is 0 Å². The van der Waals surface area contributed by atoms with E-state index in [-0.39, 0.29) is 12.1 Å². The van der Waals surface area contributed by atoms with Gasteiger partial charge in [-0.1, -0.05) is 6.07 Å². The van der Waals surface area contributed by atoms with Crippen molar-refractivity contribution in [3.63, 3.8) is 0 Å². The molecular weight excluding hydrogens is 342 g/mol. The molecule has 1 atom stereocenters. The van der Waals surface area contributed by atoms with Crippen LogP contribution in [0.15, 0.2) is 18.2 Å². The smallest absolute Gasteiger partial charge is 0.277 e. The van der Waals surface area contributed by atoms with Crippen LogP contribution in [-0.4, -0.2) is 53.2 Å². The van der Waals surface area contributed by atoms with E-state index in [9.17, 15) is 8.42 Å². The average molecular weight is 372 g/mol. The molecule has 0 bridgehead atoms. The third kappa shape index (κ3) is 5.57. The fourth-order valence-electron chi connectivity index (χ4n) is 3.11. The molecule has 0 spiro atoms. The van der Waals surface area contributed by atoms with E-state index >= 15 is 0 Å². The van der Waals surface area contributed by atoms with Crippen LogP contribution in [0.1, 0.15) is 38.3 Å². The summed E-state index contributed by atoms with van der Waals surface area (Å²) in [6.45, 7) is 5.81. The van der Waals surface area contributed by atoms with E-state index in [1.165, 1.54) is 0 Å². The maximum atomic E-state index is 12.1. The minimum absolute atomic E-state index is 0.0500. The van der Waals surface area contributed by atoms with Crippen LogP contribution in [-0.2, 0) is 10.2 Å². The predicted molar refractivity (Wildman–Crippen MR) is 98.3 cm³/mol. The van der Waals surface area contributed by atoms with Gasteiger partial charge in [-0.15, -0.1) is 0 Å². The normalized spacial score (nSPS) is 17.0. The molecule has 1 fully saturated rings. The van der Waals surface area contributed by atoms with Gasteiger partial charge < -0.3 is 9.47 Å². The van der Waals surface area contributed by atoms with Crippen molar-refractivity contribution < 1.29 is 17.9 Å². The molecule has 0 amide bonds. The second kappa shape index (κ2) is 8.84. The SMILES string of the molecule is COc1ccc(C(CNS(=O)(=O)NC(C)C)N2CCCC2)cc1OC. The molecule has 2 rings (SSSR count). The molecule has 1 aliphatic heterocycles. The standard InChI is InChI=1S/C17H29N3O4S/c1-13(2)19-25(21,22)18-12-15(20-9-5-6-10-20)14-7-8-16(23-3)17(11-14)24-4/h7-8,11,13,15,18-19H,5-6,9-10,12H2,1-4H3. The molecule has 1 saturated heterocycles. The number of benzene rings is 1. The molecule has 8 heteroatoms. The Morgan fingerprint density at radius 1 is 1.12 bits per heavy atom. The summed E-state index contributed by atoms with van der Waals surface area (Å²) in [6, 6.07) is 5.55. The number of rotatable bonds is 9. The van der Waals surface area contributed by atoms with Crippen molar-refractivity contribution in [1.82, 2.24) is 14.3 Å². The zero-order valence-corrected chi connectivity index (χ0v) is 16.2. The van der Waals surface area contributed by atoms with Crippen LogP contribution in [0.25, 0.3) is 0 Å². The van der Waals surface area contributed by atoms with Gasteiger partial charge in [-0.05, 0) is 57.5 Å². The maximum absolute atomic E-state index is 12.1. The maximum Gasteiger partial charge on any atom is 0.277 e. The van der Waals surface area contributed by atoms with Crippen LogP contribution in [0.3, 0.4) is 0 Å². The van der Waals surface area contributed by atoms with Crippen molar-refractivity contribution in [2.45, 2.75) is 38.8 Å².